The summed E-state index contributed by atoms with van der Waals surface area (Å²) in [6, 6.07) is 12.4. The van der Waals surface area contributed by atoms with Crippen LogP contribution >= 0.6 is 0 Å². The monoisotopic (exact) mass is 416 g/mol. The Balaban J connectivity index is 2.41. The van der Waals surface area contributed by atoms with Crippen LogP contribution in [-0.4, -0.2) is 26.2 Å². The lowest BCUT2D eigenvalue weighted by Crippen LogP contribution is -2.13. The molecule has 0 spiro atoms. The second-order valence-corrected chi connectivity index (χ2v) is 6.28. The summed E-state index contributed by atoms with van der Waals surface area (Å²) in [6.07, 6.45) is 9.04. The number of methoxy groups -OCH3 is 1. The summed E-state index contributed by atoms with van der Waals surface area (Å²) in [5.74, 6) is 3.50. The molecule has 6 heteroatoms. The minimum absolute atomic E-state index is 0.0629. The fourth-order valence-electron chi connectivity index (χ4n) is 2.83. The van der Waals surface area contributed by atoms with Crippen LogP contribution in [0.3, 0.4) is 0 Å². The van der Waals surface area contributed by atoms with Crippen molar-refractivity contribution in [2.45, 2.75) is 13.3 Å². The van der Waals surface area contributed by atoms with E-state index in [-0.39, 0.29) is 12.2 Å². The number of nitrogens with zero attached hydrogens (tertiary/aromatic N) is 1. The Morgan fingerprint density at radius 2 is 2.10 bits per heavy atom. The molecule has 0 aromatic heterocycles. The topological polar surface area (TPSA) is 80.6 Å². The van der Waals surface area contributed by atoms with E-state index in [2.05, 4.69) is 17.8 Å². The molecule has 0 radical (unpaired) electrons. The lowest BCUT2D eigenvalue weighted by molar-refractivity contribution is -0.112. The normalized spacial score (nSPS) is 10.4. The smallest absolute Gasteiger partial charge is 0.266 e. The first-order valence-corrected chi connectivity index (χ1v) is 9.60. The van der Waals surface area contributed by atoms with Gasteiger partial charge in [0, 0.05) is 17.3 Å². The van der Waals surface area contributed by atoms with Crippen molar-refractivity contribution in [2.24, 2.45) is 0 Å². The number of hydrogen-bond acceptors (Lipinski definition) is 5. The molecule has 1 amide bonds. The highest BCUT2D eigenvalue weighted by atomic mass is 16.5. The van der Waals surface area contributed by atoms with Crippen molar-refractivity contribution < 1.29 is 19.0 Å². The van der Waals surface area contributed by atoms with Gasteiger partial charge in [0.1, 0.15) is 24.0 Å². The number of nitrogens with one attached hydrogen (secondary N) is 1. The van der Waals surface area contributed by atoms with E-state index in [4.69, 9.17) is 20.6 Å². The predicted octanol–water partition coefficient (Wildman–Crippen LogP) is 4.38. The molecule has 2 aromatic rings. The first-order chi connectivity index (χ1) is 15.1. The third-order valence-corrected chi connectivity index (χ3v) is 4.12. The van der Waals surface area contributed by atoms with E-state index in [9.17, 15) is 10.1 Å². The van der Waals surface area contributed by atoms with E-state index in [1.165, 1.54) is 13.2 Å². The Morgan fingerprint density at radius 1 is 1.29 bits per heavy atom. The van der Waals surface area contributed by atoms with E-state index >= 15 is 0 Å². The van der Waals surface area contributed by atoms with Gasteiger partial charge in [-0.3, -0.25) is 4.79 Å². The van der Waals surface area contributed by atoms with Gasteiger partial charge in [0.2, 0.25) is 0 Å². The Hall–Kier alpha value is -4.16. The zero-order valence-corrected chi connectivity index (χ0v) is 17.6. The predicted molar refractivity (Wildman–Crippen MR) is 121 cm³/mol. The minimum Gasteiger partial charge on any atom is -0.497 e. The first-order valence-electron chi connectivity index (χ1n) is 9.60. The van der Waals surface area contributed by atoms with Crippen LogP contribution in [0.25, 0.3) is 6.08 Å². The van der Waals surface area contributed by atoms with Gasteiger partial charge in [0.25, 0.3) is 5.91 Å². The number of ether oxygens (including phenoxy) is 3. The maximum absolute atomic E-state index is 12.6. The Morgan fingerprint density at radius 3 is 2.74 bits per heavy atom. The Bertz CT molecular complexity index is 1060. The van der Waals surface area contributed by atoms with Crippen LogP contribution in [0.5, 0.6) is 17.2 Å². The molecule has 2 rings (SSSR count). The number of anilines is 1. The zero-order valence-electron chi connectivity index (χ0n) is 17.6. The molecular formula is C25H24N2O4. The maximum atomic E-state index is 12.6. The number of carbonyl (C=O) groups excluding carboxylic acids is 1. The third kappa shape index (κ3) is 6.42. The average molecular weight is 416 g/mol. The van der Waals surface area contributed by atoms with Gasteiger partial charge in [-0.15, -0.1) is 13.0 Å². The Labute approximate surface area is 182 Å². The number of nitriles is 1. The van der Waals surface area contributed by atoms with Gasteiger partial charge in [-0.25, -0.2) is 0 Å². The van der Waals surface area contributed by atoms with E-state index in [1.807, 2.05) is 19.1 Å². The molecule has 0 fully saturated rings. The lowest BCUT2D eigenvalue weighted by Gasteiger charge is -2.15. The van der Waals surface area contributed by atoms with Crippen molar-refractivity contribution in [1.29, 1.82) is 5.26 Å². The van der Waals surface area contributed by atoms with E-state index in [1.54, 1.807) is 36.4 Å². The standard InChI is InChI=1S/C25H24N2O4/c1-5-9-19-13-18(15-23(30-7-3)24(19)31-12-6-2)14-20(17-26)25(28)27-21-10-8-11-22(16-21)29-4/h2,5,8,10-11,13-16H,1,7,9,12H2,3-4H3,(H,27,28). The number of carbonyl (C=O) groups is 1. The fraction of sp³-hybridized carbons (Fsp3) is 0.200. The summed E-state index contributed by atoms with van der Waals surface area (Å²) in [5, 5.41) is 12.3. The summed E-state index contributed by atoms with van der Waals surface area (Å²) in [5.41, 5.74) is 1.86. The van der Waals surface area contributed by atoms with Crippen molar-refractivity contribution in [3.63, 3.8) is 0 Å². The second-order valence-electron chi connectivity index (χ2n) is 6.28. The molecule has 0 bridgehead atoms. The summed E-state index contributed by atoms with van der Waals surface area (Å²) >= 11 is 0. The number of rotatable bonds is 10. The Kier molecular flexibility index (Phi) is 8.76. The van der Waals surface area contributed by atoms with Crippen molar-refractivity contribution in [3.05, 3.63) is 65.8 Å². The summed E-state index contributed by atoms with van der Waals surface area (Å²) < 4.78 is 16.5. The largest absolute Gasteiger partial charge is 0.497 e. The maximum Gasteiger partial charge on any atom is 0.266 e. The number of benzene rings is 2. The molecule has 0 atom stereocenters. The summed E-state index contributed by atoms with van der Waals surface area (Å²) in [6.45, 7) is 6.12. The minimum atomic E-state index is -0.536. The molecule has 0 aliphatic rings. The van der Waals surface area contributed by atoms with Crippen molar-refractivity contribution in [3.8, 4) is 35.7 Å². The number of terminal acetylenes is 1. The van der Waals surface area contributed by atoms with Crippen LogP contribution in [-0.2, 0) is 11.2 Å². The molecule has 0 saturated carbocycles. The molecule has 0 aliphatic carbocycles. The first kappa shape index (κ1) is 23.1. The van der Waals surface area contributed by atoms with Gasteiger partial charge < -0.3 is 19.5 Å². The van der Waals surface area contributed by atoms with Crippen LogP contribution < -0.4 is 19.5 Å². The molecule has 6 nitrogen and oxygen atoms in total. The number of hydrogen-bond donors (Lipinski definition) is 1. The second kappa shape index (κ2) is 11.7. The van der Waals surface area contributed by atoms with Crippen molar-refractivity contribution >= 4 is 17.7 Å². The SMILES string of the molecule is C#CCOc1c(CC=C)cc(C=C(C#N)C(=O)Nc2cccc(OC)c2)cc1OCC. The number of amides is 1. The van der Waals surface area contributed by atoms with E-state index < -0.39 is 5.91 Å². The quantitative estimate of drug-likeness (QED) is 0.269. The van der Waals surface area contributed by atoms with E-state index in [0.717, 1.165) is 5.56 Å². The molecule has 158 valence electrons. The van der Waals surface area contributed by atoms with E-state index in [0.29, 0.717) is 41.5 Å². The molecule has 0 saturated heterocycles. The van der Waals surface area contributed by atoms with Crippen LogP contribution in [0.2, 0.25) is 0 Å². The van der Waals surface area contributed by atoms with Crippen LogP contribution in [0.4, 0.5) is 5.69 Å². The number of allylic oxidation sites excluding steroid dienone is 1. The van der Waals surface area contributed by atoms with Gasteiger partial charge in [0.05, 0.1) is 13.7 Å². The van der Waals surface area contributed by atoms with Gasteiger partial charge in [0.15, 0.2) is 11.5 Å². The highest BCUT2D eigenvalue weighted by molar-refractivity contribution is 6.09. The molecule has 31 heavy (non-hydrogen) atoms. The van der Waals surface area contributed by atoms with Crippen molar-refractivity contribution in [2.75, 3.05) is 25.6 Å². The molecular weight excluding hydrogens is 392 g/mol. The summed E-state index contributed by atoms with van der Waals surface area (Å²) in [7, 11) is 1.54. The molecule has 1 N–H and O–H groups in total. The van der Waals surface area contributed by atoms with Crippen LogP contribution in [0.15, 0.2) is 54.6 Å². The highest BCUT2D eigenvalue weighted by Crippen LogP contribution is 2.34. The van der Waals surface area contributed by atoms with Crippen molar-refractivity contribution in [1.82, 2.24) is 0 Å². The fourth-order valence-corrected chi connectivity index (χ4v) is 2.83. The van der Waals surface area contributed by atoms with Gasteiger partial charge in [-0.2, -0.15) is 5.26 Å². The molecule has 0 aliphatic heterocycles. The van der Waals surface area contributed by atoms with Gasteiger partial charge >= 0.3 is 0 Å². The van der Waals surface area contributed by atoms with Gasteiger partial charge in [-0.1, -0.05) is 18.1 Å². The molecule has 0 heterocycles. The zero-order chi connectivity index (χ0) is 22.6. The van der Waals surface area contributed by atoms with Crippen LogP contribution in [0, 0.1) is 23.7 Å². The molecule has 2 aromatic carbocycles. The molecule has 0 unspecified atom stereocenters. The average Bonchev–Trinajstić information content (AvgIpc) is 2.77. The summed E-state index contributed by atoms with van der Waals surface area (Å²) in [4.78, 5) is 12.6. The van der Waals surface area contributed by atoms with Crippen LogP contribution in [0.1, 0.15) is 18.1 Å². The lowest BCUT2D eigenvalue weighted by atomic mass is 10.0. The third-order valence-electron chi connectivity index (χ3n) is 4.12. The highest BCUT2D eigenvalue weighted by Gasteiger charge is 2.15. The van der Waals surface area contributed by atoms with Gasteiger partial charge in [-0.05, 0) is 49.2 Å².